The largest absolute Gasteiger partial charge is 0.497 e. The van der Waals surface area contributed by atoms with Crippen molar-refractivity contribution < 1.29 is 23.4 Å². The van der Waals surface area contributed by atoms with Gasteiger partial charge in [0, 0.05) is 12.6 Å². The van der Waals surface area contributed by atoms with Crippen LogP contribution in [0.1, 0.15) is 10.4 Å². The maximum Gasteiger partial charge on any atom is 0.257 e. The van der Waals surface area contributed by atoms with E-state index in [0.29, 0.717) is 49.1 Å². The third-order valence-electron chi connectivity index (χ3n) is 4.05. The minimum absolute atomic E-state index is 0.115. The van der Waals surface area contributed by atoms with Crippen LogP contribution in [0.25, 0.3) is 0 Å². The van der Waals surface area contributed by atoms with E-state index in [0.717, 1.165) is 0 Å². The summed E-state index contributed by atoms with van der Waals surface area (Å²) < 4.78 is 29.4. The summed E-state index contributed by atoms with van der Waals surface area (Å²) in [5, 5.41) is 0. The molecule has 6 nitrogen and oxygen atoms in total. The number of ether oxygens (including phenoxy) is 3. The molecule has 1 heterocycles. The van der Waals surface area contributed by atoms with Gasteiger partial charge in [-0.05, 0) is 36.4 Å². The zero-order valence-electron chi connectivity index (χ0n) is 14.5. The van der Waals surface area contributed by atoms with Crippen molar-refractivity contribution in [3.05, 3.63) is 53.8 Å². The van der Waals surface area contributed by atoms with Crippen LogP contribution >= 0.6 is 0 Å². The van der Waals surface area contributed by atoms with E-state index in [1.54, 1.807) is 42.3 Å². The second-order valence-corrected chi connectivity index (χ2v) is 5.90. The molecule has 7 heteroatoms. The molecule has 2 N–H and O–H groups in total. The maximum atomic E-state index is 12.9. The van der Waals surface area contributed by atoms with Crippen LogP contribution in [-0.4, -0.2) is 50.3 Å². The van der Waals surface area contributed by atoms with Crippen molar-refractivity contribution in [2.45, 2.75) is 6.10 Å². The van der Waals surface area contributed by atoms with Crippen molar-refractivity contribution >= 4 is 5.91 Å². The Labute approximate surface area is 151 Å². The summed E-state index contributed by atoms with van der Waals surface area (Å²) in [6.45, 7) is 1.57. The lowest BCUT2D eigenvalue weighted by Crippen LogP contribution is -2.56. The Balaban J connectivity index is 1.62. The highest BCUT2D eigenvalue weighted by Gasteiger charge is 2.34. The smallest absolute Gasteiger partial charge is 0.257 e. The van der Waals surface area contributed by atoms with Crippen molar-refractivity contribution in [1.82, 2.24) is 4.90 Å². The summed E-state index contributed by atoms with van der Waals surface area (Å²) in [5.74, 6) is 1.18. The Bertz CT molecular complexity index is 761. The van der Waals surface area contributed by atoms with Crippen LogP contribution < -0.4 is 19.9 Å². The second kappa shape index (κ2) is 8.05. The first-order valence-electron chi connectivity index (χ1n) is 8.33. The molecule has 138 valence electrons. The zero-order valence-corrected chi connectivity index (χ0v) is 14.5. The van der Waals surface area contributed by atoms with Gasteiger partial charge in [-0.1, -0.05) is 0 Å². The predicted octanol–water partition coefficient (Wildman–Crippen LogP) is 2.08. The number of nitrogens with two attached hydrogens (primary N) is 1. The number of carbonyl (C=O) groups excluding carboxylic acids is 1. The number of hydrogen-bond acceptors (Lipinski definition) is 5. The van der Waals surface area contributed by atoms with Crippen LogP contribution in [0, 0.1) is 5.82 Å². The van der Waals surface area contributed by atoms with Crippen molar-refractivity contribution in [3.8, 4) is 17.2 Å². The molecule has 0 saturated carbocycles. The second-order valence-electron chi connectivity index (χ2n) is 5.90. The number of carbonyl (C=O) groups is 1. The van der Waals surface area contributed by atoms with Gasteiger partial charge in [-0.15, -0.1) is 0 Å². The Morgan fingerprint density at radius 1 is 1.19 bits per heavy atom. The number of halogens is 1. The van der Waals surface area contributed by atoms with Crippen molar-refractivity contribution in [2.75, 3.05) is 33.4 Å². The molecule has 0 aliphatic carbocycles. The lowest BCUT2D eigenvalue weighted by molar-refractivity contribution is 0.0175. The molecule has 0 radical (unpaired) electrons. The molecule has 0 spiro atoms. The number of rotatable bonds is 7. The van der Waals surface area contributed by atoms with Gasteiger partial charge in [-0.3, -0.25) is 4.79 Å². The van der Waals surface area contributed by atoms with Crippen molar-refractivity contribution in [2.24, 2.45) is 5.73 Å². The van der Waals surface area contributed by atoms with Crippen LogP contribution in [0.5, 0.6) is 17.2 Å². The number of likely N-dealkylation sites (tertiary alicyclic amines) is 1. The standard InChI is InChI=1S/C19H21FN2O4/c1-24-15-6-7-17(18(10-15)25-9-8-21)19(23)22-11-16(12-22)26-14-4-2-13(20)3-5-14/h2-7,10,16H,8-9,11-12,21H2,1H3. The first-order chi connectivity index (χ1) is 12.6. The van der Waals surface area contributed by atoms with Crippen molar-refractivity contribution in [3.63, 3.8) is 0 Å². The van der Waals surface area contributed by atoms with Crippen LogP contribution in [0.15, 0.2) is 42.5 Å². The van der Waals surface area contributed by atoms with E-state index in [1.807, 2.05) is 0 Å². The highest BCUT2D eigenvalue weighted by molar-refractivity contribution is 5.97. The highest BCUT2D eigenvalue weighted by atomic mass is 19.1. The molecular formula is C19H21FN2O4. The minimum Gasteiger partial charge on any atom is -0.497 e. The average molecular weight is 360 g/mol. The first-order valence-corrected chi connectivity index (χ1v) is 8.33. The molecular weight excluding hydrogens is 339 g/mol. The SMILES string of the molecule is COc1ccc(C(=O)N2CC(Oc3ccc(F)cc3)C2)c(OCCN)c1. The quantitative estimate of drug-likeness (QED) is 0.818. The Morgan fingerprint density at radius 3 is 2.54 bits per heavy atom. The predicted molar refractivity (Wildman–Crippen MR) is 94.3 cm³/mol. The summed E-state index contributed by atoms with van der Waals surface area (Å²) in [7, 11) is 1.55. The molecule has 26 heavy (non-hydrogen) atoms. The van der Waals surface area contributed by atoms with Gasteiger partial charge >= 0.3 is 0 Å². The van der Waals surface area contributed by atoms with Gasteiger partial charge in [0.2, 0.25) is 0 Å². The molecule has 1 fully saturated rings. The fourth-order valence-electron chi connectivity index (χ4n) is 2.65. The minimum atomic E-state index is -0.313. The summed E-state index contributed by atoms with van der Waals surface area (Å²) in [6.07, 6.45) is -0.115. The van der Waals surface area contributed by atoms with E-state index >= 15 is 0 Å². The van der Waals surface area contributed by atoms with Crippen LogP contribution in [0.4, 0.5) is 4.39 Å². The fraction of sp³-hybridized carbons (Fsp3) is 0.316. The lowest BCUT2D eigenvalue weighted by Gasteiger charge is -2.39. The van der Waals surface area contributed by atoms with Gasteiger partial charge in [0.25, 0.3) is 5.91 Å². The number of hydrogen-bond donors (Lipinski definition) is 1. The molecule has 0 unspecified atom stereocenters. The Kier molecular flexibility index (Phi) is 5.58. The highest BCUT2D eigenvalue weighted by Crippen LogP contribution is 2.28. The molecule has 1 aliphatic heterocycles. The maximum absolute atomic E-state index is 12.9. The van der Waals surface area contributed by atoms with E-state index in [9.17, 15) is 9.18 Å². The molecule has 0 bridgehead atoms. The monoisotopic (exact) mass is 360 g/mol. The van der Waals surface area contributed by atoms with Crippen molar-refractivity contribution in [1.29, 1.82) is 0 Å². The van der Waals surface area contributed by atoms with Gasteiger partial charge in [-0.25, -0.2) is 4.39 Å². The molecule has 1 amide bonds. The first kappa shape index (κ1) is 18.0. The number of nitrogens with zero attached hydrogens (tertiary/aromatic N) is 1. The van der Waals surface area contributed by atoms with Crippen LogP contribution in [0.2, 0.25) is 0 Å². The van der Waals surface area contributed by atoms with E-state index < -0.39 is 0 Å². The Morgan fingerprint density at radius 2 is 1.88 bits per heavy atom. The van der Waals surface area contributed by atoms with Gasteiger partial charge in [0.05, 0.1) is 25.8 Å². The zero-order chi connectivity index (χ0) is 18.5. The molecule has 0 aromatic heterocycles. The number of benzene rings is 2. The van der Waals surface area contributed by atoms with Gasteiger partial charge in [0.15, 0.2) is 0 Å². The topological polar surface area (TPSA) is 74.0 Å². The third kappa shape index (κ3) is 4.05. The van der Waals surface area contributed by atoms with E-state index in [2.05, 4.69) is 0 Å². The van der Waals surface area contributed by atoms with Crippen LogP contribution in [-0.2, 0) is 0 Å². The van der Waals surface area contributed by atoms with E-state index in [-0.39, 0.29) is 17.8 Å². The normalized spacial score (nSPS) is 13.9. The molecule has 2 aromatic carbocycles. The summed E-state index contributed by atoms with van der Waals surface area (Å²) >= 11 is 0. The molecule has 3 rings (SSSR count). The summed E-state index contributed by atoms with van der Waals surface area (Å²) in [4.78, 5) is 14.4. The van der Waals surface area contributed by atoms with Gasteiger partial charge in [0.1, 0.15) is 35.8 Å². The molecule has 1 saturated heterocycles. The molecule has 2 aromatic rings. The Hall–Kier alpha value is -2.80. The third-order valence-corrected chi connectivity index (χ3v) is 4.05. The van der Waals surface area contributed by atoms with Gasteiger partial charge < -0.3 is 24.8 Å². The van der Waals surface area contributed by atoms with E-state index in [1.165, 1.54) is 12.1 Å². The number of methoxy groups -OCH3 is 1. The van der Waals surface area contributed by atoms with Crippen LogP contribution in [0.3, 0.4) is 0 Å². The molecule has 1 aliphatic rings. The van der Waals surface area contributed by atoms with Gasteiger partial charge in [-0.2, -0.15) is 0 Å². The summed E-state index contributed by atoms with van der Waals surface area (Å²) in [5.41, 5.74) is 5.94. The summed E-state index contributed by atoms with van der Waals surface area (Å²) in [6, 6.07) is 10.9. The number of amides is 1. The average Bonchev–Trinajstić information content (AvgIpc) is 2.63. The lowest BCUT2D eigenvalue weighted by atomic mass is 10.1. The fourth-order valence-corrected chi connectivity index (χ4v) is 2.65. The molecule has 0 atom stereocenters. The van der Waals surface area contributed by atoms with E-state index in [4.69, 9.17) is 19.9 Å².